The predicted octanol–water partition coefficient (Wildman–Crippen LogP) is -0.156. The minimum atomic E-state index is -3.18. The van der Waals surface area contributed by atoms with Crippen LogP contribution in [0.5, 0.6) is 0 Å². The second kappa shape index (κ2) is 5.90. The number of hydrogen-bond acceptors (Lipinski definition) is 5. The molecular formula is C12H23NO5S2. The SMILES string of the molecule is CS(=O)(=O)N1CCCC(CC(O)C2CCS(=O)(=O)C2)C1. The Kier molecular flexibility index (Phi) is 4.78. The van der Waals surface area contributed by atoms with Crippen molar-refractivity contribution in [2.75, 3.05) is 30.9 Å². The Labute approximate surface area is 121 Å². The third-order valence-corrected chi connectivity index (χ3v) is 7.40. The van der Waals surface area contributed by atoms with Gasteiger partial charge < -0.3 is 5.11 Å². The maximum atomic E-state index is 11.5. The van der Waals surface area contributed by atoms with E-state index >= 15 is 0 Å². The van der Waals surface area contributed by atoms with Crippen molar-refractivity contribution < 1.29 is 21.9 Å². The molecule has 0 saturated carbocycles. The van der Waals surface area contributed by atoms with Crippen LogP contribution in [0, 0.1) is 11.8 Å². The molecule has 1 N–H and O–H groups in total. The van der Waals surface area contributed by atoms with E-state index in [-0.39, 0.29) is 23.3 Å². The van der Waals surface area contributed by atoms with Gasteiger partial charge in [0.15, 0.2) is 9.84 Å². The minimum absolute atomic E-state index is 0.0661. The van der Waals surface area contributed by atoms with E-state index in [4.69, 9.17) is 0 Å². The molecule has 0 aromatic heterocycles. The zero-order chi connectivity index (χ0) is 15.0. The van der Waals surface area contributed by atoms with Gasteiger partial charge in [-0.25, -0.2) is 21.1 Å². The van der Waals surface area contributed by atoms with Crippen molar-refractivity contribution in [3.05, 3.63) is 0 Å². The van der Waals surface area contributed by atoms with E-state index in [0.29, 0.717) is 25.9 Å². The molecule has 0 bridgehead atoms. The fourth-order valence-electron chi connectivity index (χ4n) is 3.18. The van der Waals surface area contributed by atoms with Gasteiger partial charge in [0, 0.05) is 13.1 Å². The van der Waals surface area contributed by atoms with Crippen molar-refractivity contribution in [3.8, 4) is 0 Å². The Morgan fingerprint density at radius 1 is 1.35 bits per heavy atom. The fraction of sp³-hybridized carbons (Fsp3) is 1.00. The van der Waals surface area contributed by atoms with Crippen molar-refractivity contribution in [1.29, 1.82) is 0 Å². The standard InChI is InChI=1S/C12H23NO5S2/c1-19(15,16)13-5-2-3-10(8-13)7-12(14)11-4-6-20(17,18)9-11/h10-12,14H,2-9H2,1H3. The van der Waals surface area contributed by atoms with Crippen LogP contribution in [-0.4, -0.2) is 63.2 Å². The highest BCUT2D eigenvalue weighted by Crippen LogP contribution is 2.29. The summed E-state index contributed by atoms with van der Waals surface area (Å²) >= 11 is 0. The van der Waals surface area contributed by atoms with Crippen LogP contribution in [0.25, 0.3) is 0 Å². The van der Waals surface area contributed by atoms with Gasteiger partial charge >= 0.3 is 0 Å². The largest absolute Gasteiger partial charge is 0.393 e. The molecule has 0 aliphatic carbocycles. The highest BCUT2D eigenvalue weighted by molar-refractivity contribution is 7.91. The average Bonchev–Trinajstić information content (AvgIpc) is 2.69. The third-order valence-electron chi connectivity index (χ3n) is 4.34. The third kappa shape index (κ3) is 4.16. The first-order chi connectivity index (χ1) is 9.17. The molecule has 2 heterocycles. The summed E-state index contributed by atoms with van der Waals surface area (Å²) in [6.07, 6.45) is 3.26. The maximum Gasteiger partial charge on any atom is 0.211 e. The van der Waals surface area contributed by atoms with Gasteiger partial charge in [0.1, 0.15) is 0 Å². The lowest BCUT2D eigenvalue weighted by Crippen LogP contribution is -2.40. The van der Waals surface area contributed by atoms with E-state index in [9.17, 15) is 21.9 Å². The normalized spacial score (nSPS) is 33.1. The van der Waals surface area contributed by atoms with Crippen LogP contribution in [0.15, 0.2) is 0 Å². The first-order valence-corrected chi connectivity index (χ1v) is 10.7. The number of hydrogen-bond donors (Lipinski definition) is 1. The van der Waals surface area contributed by atoms with Crippen molar-refractivity contribution in [2.45, 2.75) is 31.8 Å². The number of aliphatic hydroxyl groups excluding tert-OH is 1. The van der Waals surface area contributed by atoms with Crippen LogP contribution >= 0.6 is 0 Å². The lowest BCUT2D eigenvalue weighted by molar-refractivity contribution is 0.0796. The summed E-state index contributed by atoms with van der Waals surface area (Å²) in [7, 11) is -6.16. The molecule has 0 spiro atoms. The molecular weight excluding hydrogens is 302 g/mol. The predicted molar refractivity (Wildman–Crippen MR) is 76.5 cm³/mol. The molecule has 0 radical (unpaired) electrons. The Balaban J connectivity index is 1.90. The molecule has 0 aromatic carbocycles. The quantitative estimate of drug-likeness (QED) is 0.776. The molecule has 2 rings (SSSR count). The molecule has 3 unspecified atom stereocenters. The second-order valence-corrected chi connectivity index (χ2v) is 10.3. The summed E-state index contributed by atoms with van der Waals surface area (Å²) < 4.78 is 47.4. The number of nitrogens with zero attached hydrogens (tertiary/aromatic N) is 1. The van der Waals surface area contributed by atoms with Gasteiger partial charge in [-0.05, 0) is 37.5 Å². The minimum Gasteiger partial charge on any atom is -0.393 e. The zero-order valence-corrected chi connectivity index (χ0v) is 13.4. The van der Waals surface area contributed by atoms with Gasteiger partial charge in [-0.15, -0.1) is 0 Å². The molecule has 118 valence electrons. The summed E-state index contributed by atoms with van der Waals surface area (Å²) in [5.74, 6) is 0.163. The first-order valence-electron chi connectivity index (χ1n) is 7.01. The number of aliphatic hydroxyl groups is 1. The van der Waals surface area contributed by atoms with Crippen LogP contribution in [-0.2, 0) is 19.9 Å². The van der Waals surface area contributed by atoms with E-state index in [1.54, 1.807) is 0 Å². The summed E-state index contributed by atoms with van der Waals surface area (Å²) in [5.41, 5.74) is 0. The van der Waals surface area contributed by atoms with Gasteiger partial charge in [0.05, 0.1) is 23.9 Å². The van der Waals surface area contributed by atoms with Gasteiger partial charge in [0.2, 0.25) is 10.0 Å². The molecule has 2 aliphatic heterocycles. The van der Waals surface area contributed by atoms with Crippen LogP contribution in [0.4, 0.5) is 0 Å². The Morgan fingerprint density at radius 2 is 2.05 bits per heavy atom. The van der Waals surface area contributed by atoms with E-state index in [1.165, 1.54) is 10.6 Å². The van der Waals surface area contributed by atoms with Gasteiger partial charge in [-0.1, -0.05) is 0 Å². The summed E-state index contributed by atoms with van der Waals surface area (Å²) in [6, 6.07) is 0. The Bertz CT molecular complexity index is 542. The Hall–Kier alpha value is -0.180. The molecule has 3 atom stereocenters. The zero-order valence-electron chi connectivity index (χ0n) is 11.7. The number of rotatable bonds is 4. The highest BCUT2D eigenvalue weighted by atomic mass is 32.2. The summed E-state index contributed by atoms with van der Waals surface area (Å²) in [5, 5.41) is 10.2. The van der Waals surface area contributed by atoms with Crippen molar-refractivity contribution in [2.24, 2.45) is 11.8 Å². The van der Waals surface area contributed by atoms with Crippen molar-refractivity contribution in [3.63, 3.8) is 0 Å². The number of sulfonamides is 1. The van der Waals surface area contributed by atoms with Crippen molar-refractivity contribution in [1.82, 2.24) is 4.31 Å². The smallest absolute Gasteiger partial charge is 0.211 e. The van der Waals surface area contributed by atoms with Crippen LogP contribution in [0.1, 0.15) is 25.7 Å². The van der Waals surface area contributed by atoms with E-state index < -0.39 is 26.0 Å². The van der Waals surface area contributed by atoms with Crippen LogP contribution < -0.4 is 0 Å². The molecule has 2 fully saturated rings. The first kappa shape index (κ1) is 16.2. The number of sulfone groups is 1. The highest BCUT2D eigenvalue weighted by Gasteiger charge is 2.35. The van der Waals surface area contributed by atoms with E-state index in [1.807, 2.05) is 0 Å². The van der Waals surface area contributed by atoms with Gasteiger partial charge in [-0.3, -0.25) is 0 Å². The maximum absolute atomic E-state index is 11.5. The molecule has 8 heteroatoms. The lowest BCUT2D eigenvalue weighted by atomic mass is 9.88. The number of piperidine rings is 1. The van der Waals surface area contributed by atoms with Crippen LogP contribution in [0.2, 0.25) is 0 Å². The second-order valence-electron chi connectivity index (χ2n) is 6.10. The van der Waals surface area contributed by atoms with Crippen LogP contribution in [0.3, 0.4) is 0 Å². The van der Waals surface area contributed by atoms with Gasteiger partial charge in [0.25, 0.3) is 0 Å². The lowest BCUT2D eigenvalue weighted by Gasteiger charge is -2.32. The molecule has 0 aromatic rings. The van der Waals surface area contributed by atoms with Gasteiger partial charge in [-0.2, -0.15) is 0 Å². The molecule has 0 amide bonds. The topological polar surface area (TPSA) is 91.8 Å². The fourth-order valence-corrected chi connectivity index (χ4v) is 5.99. The van der Waals surface area contributed by atoms with Crippen molar-refractivity contribution >= 4 is 19.9 Å². The van der Waals surface area contributed by atoms with E-state index in [0.717, 1.165) is 12.8 Å². The van der Waals surface area contributed by atoms with E-state index in [2.05, 4.69) is 0 Å². The molecule has 6 nitrogen and oxygen atoms in total. The monoisotopic (exact) mass is 325 g/mol. The average molecular weight is 325 g/mol. The molecule has 2 saturated heterocycles. The summed E-state index contributed by atoms with van der Waals surface area (Å²) in [6.45, 7) is 0.985. The Morgan fingerprint density at radius 3 is 2.60 bits per heavy atom. The molecule has 20 heavy (non-hydrogen) atoms. The summed E-state index contributed by atoms with van der Waals surface area (Å²) in [4.78, 5) is 0. The molecule has 2 aliphatic rings.